The maximum Gasteiger partial charge on any atom is 0.362 e. The topological polar surface area (TPSA) is 559 Å². The molecule has 3 saturated heterocycles. The molecule has 6 heterocycles. The number of cyclic esters (lactones) is 3. The molecule has 11 N–H and O–H groups in total. The van der Waals surface area contributed by atoms with Crippen molar-refractivity contribution in [3.63, 3.8) is 0 Å². The van der Waals surface area contributed by atoms with Crippen LogP contribution in [0.15, 0.2) is 107 Å². The number of amides is 3. The number of carbonyl (C=O) groups excluding carboxylic acids is 6. The van der Waals surface area contributed by atoms with Crippen molar-refractivity contribution in [3.05, 3.63) is 140 Å². The molecule has 3 fully saturated rings. The highest BCUT2D eigenvalue weighted by atomic mass is 35.5. The van der Waals surface area contributed by atoms with Gasteiger partial charge in [0.1, 0.15) is 51.2 Å². The van der Waals surface area contributed by atoms with Crippen molar-refractivity contribution in [1.82, 2.24) is 14.7 Å². The smallest absolute Gasteiger partial charge is 0.362 e. The lowest BCUT2D eigenvalue weighted by molar-refractivity contribution is -0.137. The third-order valence-electron chi connectivity index (χ3n) is 18.2. The molecule has 3 amide bonds. The fourth-order valence-corrected chi connectivity index (χ4v) is 14.7. The molecule has 124 heavy (non-hydrogen) atoms. The number of hydrogen-bond acceptors (Lipinski definition) is 26. The number of rotatable bonds is 24. The second-order valence-electron chi connectivity index (χ2n) is 28.4. The summed E-state index contributed by atoms with van der Waals surface area (Å²) in [5.74, 6) is -5.60. The maximum atomic E-state index is 13.3. The maximum absolute atomic E-state index is 13.3. The molecule has 0 unspecified atom stereocenters. The van der Waals surface area contributed by atoms with Crippen LogP contribution in [0.4, 0.5) is 0 Å². The number of fused-ring (bicyclic) bond motifs is 3. The average molecular weight is 1900 g/mol. The second-order valence-corrected chi connectivity index (χ2v) is 37.5. The summed E-state index contributed by atoms with van der Waals surface area (Å²) in [7, 11) is -23.4. The zero-order valence-corrected chi connectivity index (χ0v) is 74.2. The minimum absolute atomic E-state index is 0.0285. The SMILES string of the molecule is O=C1OCC/C=C/CC/C=C/C(=NOCC(=O)N2CCCCC2)Cc2c(Cl)c(O)cc(OCP(=O)(O)O)c21.O=C1OCC/C=C/CC/C=C/C(=N\OCC(=O)N2CCCCC2)Cc2c(Cl)c(OCP(=O)(O)O)cc(OCP(=O)(O)O)c21.O=C1OCC/C=C/CC/C=C/C(=N\OCC(=O)N2CCCCC2)Cc2c(Cl)c(OCP(=O)(O)O)cc(OCP(=O)(O)O)c21. The minimum atomic E-state index is -4.73. The zero-order valence-electron chi connectivity index (χ0n) is 67.5. The summed E-state index contributed by atoms with van der Waals surface area (Å²) >= 11 is 19.6. The van der Waals surface area contributed by atoms with Gasteiger partial charge < -0.3 is 121 Å². The Balaban J connectivity index is 0.000000256. The summed E-state index contributed by atoms with van der Waals surface area (Å²) < 4.78 is 100.0. The lowest BCUT2D eigenvalue weighted by atomic mass is 9.99. The molecule has 39 nitrogen and oxygen atoms in total. The van der Waals surface area contributed by atoms with Gasteiger partial charge in [-0.25, -0.2) is 14.4 Å². The minimum Gasteiger partial charge on any atom is -0.506 e. The molecule has 3 aromatic rings. The van der Waals surface area contributed by atoms with Crippen molar-refractivity contribution in [2.75, 3.05) is 111 Å². The zero-order chi connectivity index (χ0) is 90.5. The van der Waals surface area contributed by atoms with Crippen LogP contribution in [0.2, 0.25) is 15.1 Å². The Morgan fingerprint density at radius 1 is 0.347 bits per heavy atom. The summed E-state index contributed by atoms with van der Waals surface area (Å²) in [5, 5.41) is 22.1. The van der Waals surface area contributed by atoms with Gasteiger partial charge in [-0.3, -0.25) is 37.2 Å². The molecule has 0 aliphatic carbocycles. The summed E-state index contributed by atoms with van der Waals surface area (Å²) in [6.07, 6.45) is 29.5. The van der Waals surface area contributed by atoms with E-state index in [-0.39, 0.29) is 154 Å². The van der Waals surface area contributed by atoms with Crippen molar-refractivity contribution in [3.8, 4) is 34.5 Å². The molecular formula is C77H102Cl3N6O33P5. The van der Waals surface area contributed by atoms with Gasteiger partial charge in [-0.15, -0.1) is 0 Å². The van der Waals surface area contributed by atoms with Gasteiger partial charge in [-0.05, 0) is 150 Å². The number of phenols is 1. The highest BCUT2D eigenvalue weighted by Gasteiger charge is 2.34. The van der Waals surface area contributed by atoms with Gasteiger partial charge in [-0.2, -0.15) is 0 Å². The number of halogens is 3. The largest absolute Gasteiger partial charge is 0.506 e. The Bertz CT molecular complexity index is 4520. The van der Waals surface area contributed by atoms with Crippen LogP contribution >= 0.6 is 72.8 Å². The normalized spacial score (nSPS) is 19.7. The van der Waals surface area contributed by atoms with Gasteiger partial charge in [0.2, 0.25) is 0 Å². The number of phenolic OH excluding ortho intramolecular Hbond substituents is 1. The molecule has 6 aliphatic rings. The van der Waals surface area contributed by atoms with Crippen molar-refractivity contribution in [1.29, 1.82) is 0 Å². The number of oxime groups is 3. The van der Waals surface area contributed by atoms with E-state index in [4.69, 9.17) is 87.2 Å². The van der Waals surface area contributed by atoms with E-state index in [0.29, 0.717) is 96.3 Å². The van der Waals surface area contributed by atoms with Crippen LogP contribution in [0.25, 0.3) is 0 Å². The number of benzene rings is 3. The molecule has 0 saturated carbocycles. The molecule has 6 aliphatic heterocycles. The summed E-state index contributed by atoms with van der Waals surface area (Å²) in [5.41, 5.74) is -0.0859. The van der Waals surface area contributed by atoms with Gasteiger partial charge in [0, 0.05) is 76.7 Å². The molecule has 0 aromatic heterocycles. The number of hydrogen-bond donors (Lipinski definition) is 11. The van der Waals surface area contributed by atoms with Crippen molar-refractivity contribution >= 4 is 126 Å². The molecule has 9 rings (SSSR count). The number of ether oxygens (including phenoxy) is 8. The molecule has 0 spiro atoms. The van der Waals surface area contributed by atoms with E-state index < -0.39 is 105 Å². The Morgan fingerprint density at radius 3 is 0.863 bits per heavy atom. The van der Waals surface area contributed by atoms with Crippen molar-refractivity contribution in [2.24, 2.45) is 15.5 Å². The van der Waals surface area contributed by atoms with Gasteiger partial charge >= 0.3 is 55.9 Å². The number of allylic oxidation sites excluding steroid dienone is 9. The summed E-state index contributed by atoms with van der Waals surface area (Å²) in [6.45, 7) is 2.94. The van der Waals surface area contributed by atoms with E-state index >= 15 is 0 Å². The third-order valence-corrected chi connectivity index (χ3v) is 21.8. The molecule has 684 valence electrons. The molecule has 0 atom stereocenters. The highest BCUT2D eigenvalue weighted by molar-refractivity contribution is 7.52. The average Bonchev–Trinajstić information content (AvgIpc) is 0.791. The van der Waals surface area contributed by atoms with Gasteiger partial charge in [0.25, 0.3) is 17.7 Å². The number of nitrogens with zero attached hydrogens (tertiary/aromatic N) is 6. The first-order chi connectivity index (χ1) is 58.8. The predicted octanol–water partition coefficient (Wildman–Crippen LogP) is 11.4. The predicted molar refractivity (Wildman–Crippen MR) is 454 cm³/mol. The van der Waals surface area contributed by atoms with Crippen LogP contribution in [-0.4, -0.2) is 232 Å². The first-order valence-electron chi connectivity index (χ1n) is 39.3. The Morgan fingerprint density at radius 2 is 0.589 bits per heavy atom. The van der Waals surface area contributed by atoms with E-state index in [0.717, 1.165) is 82.4 Å². The van der Waals surface area contributed by atoms with E-state index in [1.807, 2.05) is 42.5 Å². The second kappa shape index (κ2) is 51.5. The highest BCUT2D eigenvalue weighted by Crippen LogP contribution is 2.47. The van der Waals surface area contributed by atoms with E-state index in [1.165, 1.54) is 0 Å². The summed E-state index contributed by atoms with van der Waals surface area (Å²) in [4.78, 5) is 192. The molecule has 47 heteroatoms. The number of piperidine rings is 3. The Kier molecular flexibility index (Phi) is 42.7. The van der Waals surface area contributed by atoms with Gasteiger partial charge in [0.05, 0.1) is 52.0 Å². The van der Waals surface area contributed by atoms with Crippen molar-refractivity contribution < 1.29 is 158 Å². The monoisotopic (exact) mass is 1900 g/mol. The lowest BCUT2D eigenvalue weighted by Crippen LogP contribution is -2.37. The fraction of sp³-hybridized carbons (Fsp3) is 0.494. The van der Waals surface area contributed by atoms with Gasteiger partial charge in [0.15, 0.2) is 51.6 Å². The number of aromatic hydroxyl groups is 1. The van der Waals surface area contributed by atoms with Crippen LogP contribution < -0.4 is 23.7 Å². The summed E-state index contributed by atoms with van der Waals surface area (Å²) in [6, 6.07) is 3.00. The fourth-order valence-electron chi connectivity index (χ4n) is 12.4. The lowest BCUT2D eigenvalue weighted by Gasteiger charge is -2.26. The first-order valence-corrected chi connectivity index (χ1v) is 49.4. The quantitative estimate of drug-likeness (QED) is 0.0130. The van der Waals surface area contributed by atoms with E-state index in [2.05, 4.69) is 15.5 Å². The molecule has 0 radical (unpaired) electrons. The standard InChI is InChI=1S/2C26H35ClN2O12P2.C25H32ClN2O9P/c2*27-25-20-14-19(28-41-16-23(30)29-11-7-5-8-12-29)10-6-3-1-2-4-9-13-38-26(31)24(20)21(39-17-42(32,33)34)15-22(25)40-18-43(35,36)37;26-24-19-14-18(27-37-16-22(30)28-11-7-5-8-12-28)10-6-3-1-2-4-9-13-35-25(31)23(19)21(15-20(24)29)36-17-38(32,33)34/h2*2,4,6,10,15H,1,3,5,7-9,11-14,16-18H2,(H2,32,33,34)(H2,35,36,37);2,4,6,10,15,29H,1,3,5,7-9,11-14,16-17H2,(H2,32,33,34)/b2*4-2+,10-6+,28-19+;4-2+,10-6+,27-18?. The van der Waals surface area contributed by atoms with Crippen LogP contribution in [0.3, 0.4) is 0 Å². The number of carbonyl (C=O) groups is 6. The van der Waals surface area contributed by atoms with E-state index in [1.54, 1.807) is 45.1 Å². The number of esters is 3. The van der Waals surface area contributed by atoms with Crippen LogP contribution in [-0.2, 0) is 85.2 Å². The first kappa shape index (κ1) is 103. The number of likely N-dealkylation sites (tertiary alicyclic amines) is 3. The molecule has 3 aromatic carbocycles. The molecule has 0 bridgehead atoms. The van der Waals surface area contributed by atoms with Crippen molar-refractivity contribution in [2.45, 2.75) is 135 Å². The van der Waals surface area contributed by atoms with Crippen LogP contribution in [0.5, 0.6) is 34.5 Å². The van der Waals surface area contributed by atoms with E-state index in [9.17, 15) is 106 Å². The third kappa shape index (κ3) is 37.7. The Hall–Kier alpha value is -8.25. The van der Waals surface area contributed by atoms with Crippen LogP contribution in [0, 0.1) is 0 Å². The van der Waals surface area contributed by atoms with Gasteiger partial charge in [-0.1, -0.05) is 105 Å². The Labute approximate surface area is 729 Å². The van der Waals surface area contributed by atoms with Crippen LogP contribution in [0.1, 0.15) is 163 Å². The molecular weight excluding hydrogens is 1800 g/mol.